The van der Waals surface area contributed by atoms with Crippen LogP contribution in [-0.2, 0) is 19.5 Å². The van der Waals surface area contributed by atoms with Gasteiger partial charge in [0.05, 0.1) is 31.6 Å². The minimum atomic E-state index is 0.114. The number of nitrogens with zero attached hydrogens (tertiary/aromatic N) is 5. The molecule has 1 saturated heterocycles. The van der Waals surface area contributed by atoms with Crippen molar-refractivity contribution in [2.45, 2.75) is 19.5 Å². The van der Waals surface area contributed by atoms with Crippen LogP contribution < -0.4 is 19.9 Å². The molecule has 2 aliphatic rings. The highest BCUT2D eigenvalue weighted by molar-refractivity contribution is 7.18. The van der Waals surface area contributed by atoms with Crippen molar-refractivity contribution >= 4 is 27.2 Å². The molecule has 176 valence electrons. The number of methoxy groups -OCH3 is 2. The summed E-state index contributed by atoms with van der Waals surface area (Å²) in [7, 11) is 5.49. The van der Waals surface area contributed by atoms with Gasteiger partial charge in [0.1, 0.15) is 16.3 Å². The Hall–Kier alpha value is -2.62. The quantitative estimate of drug-likeness (QED) is 0.549. The van der Waals surface area contributed by atoms with Crippen molar-refractivity contribution in [2.24, 2.45) is 0 Å². The van der Waals surface area contributed by atoms with Crippen LogP contribution in [0.1, 0.15) is 10.4 Å². The molecule has 0 bridgehead atoms. The third-order valence-corrected chi connectivity index (χ3v) is 7.90. The highest BCUT2D eigenvalue weighted by Gasteiger charge is 2.23. The Bertz CT molecular complexity index is 1200. The zero-order chi connectivity index (χ0) is 22.9. The van der Waals surface area contributed by atoms with Crippen molar-refractivity contribution in [2.75, 3.05) is 65.4 Å². The van der Waals surface area contributed by atoms with Gasteiger partial charge in [-0.1, -0.05) is 0 Å². The predicted molar refractivity (Wildman–Crippen MR) is 132 cm³/mol. The van der Waals surface area contributed by atoms with Crippen LogP contribution in [-0.4, -0.2) is 79.9 Å². The second-order valence-corrected chi connectivity index (χ2v) is 9.86. The highest BCUT2D eigenvalue weighted by Crippen LogP contribution is 2.33. The average Bonchev–Trinajstić information content (AvgIpc) is 3.21. The molecule has 8 nitrogen and oxygen atoms in total. The summed E-state index contributed by atoms with van der Waals surface area (Å²) < 4.78 is 12.7. The molecule has 3 aromatic rings. The van der Waals surface area contributed by atoms with E-state index in [0.29, 0.717) is 6.54 Å². The normalized spacial score (nSPS) is 17.4. The molecule has 1 aromatic carbocycles. The molecular formula is C24H31N5O3S. The number of piperazine rings is 1. The van der Waals surface area contributed by atoms with Crippen LogP contribution in [0.3, 0.4) is 0 Å². The monoisotopic (exact) mass is 469 g/mol. The Labute approximate surface area is 197 Å². The van der Waals surface area contributed by atoms with E-state index >= 15 is 0 Å². The zero-order valence-corrected chi connectivity index (χ0v) is 20.4. The third-order valence-electron chi connectivity index (χ3n) is 6.78. The minimum absolute atomic E-state index is 0.114. The van der Waals surface area contributed by atoms with Gasteiger partial charge in [0.15, 0.2) is 0 Å². The van der Waals surface area contributed by atoms with Gasteiger partial charge in [-0.3, -0.25) is 14.3 Å². The molecule has 1 fully saturated rings. The fourth-order valence-corrected chi connectivity index (χ4v) is 6.07. The maximum atomic E-state index is 13.2. The Kier molecular flexibility index (Phi) is 6.27. The number of benzene rings is 1. The molecule has 5 rings (SSSR count). The van der Waals surface area contributed by atoms with Crippen LogP contribution in [0.15, 0.2) is 29.3 Å². The van der Waals surface area contributed by atoms with Gasteiger partial charge in [-0.15, -0.1) is 11.3 Å². The number of thiophene rings is 1. The zero-order valence-electron chi connectivity index (χ0n) is 19.5. The summed E-state index contributed by atoms with van der Waals surface area (Å²) in [5.74, 6) is 1.63. The van der Waals surface area contributed by atoms with Gasteiger partial charge in [0.2, 0.25) is 0 Å². The van der Waals surface area contributed by atoms with Crippen LogP contribution >= 0.6 is 11.3 Å². The summed E-state index contributed by atoms with van der Waals surface area (Å²) in [6.07, 6.45) is 2.67. The number of rotatable bonds is 6. The van der Waals surface area contributed by atoms with Crippen molar-refractivity contribution in [3.8, 4) is 11.5 Å². The minimum Gasteiger partial charge on any atom is -0.497 e. The molecule has 4 heterocycles. The number of aromatic nitrogens is 2. The van der Waals surface area contributed by atoms with Crippen molar-refractivity contribution in [1.82, 2.24) is 19.4 Å². The molecule has 9 heteroatoms. The molecule has 0 spiro atoms. The Morgan fingerprint density at radius 2 is 1.88 bits per heavy atom. The first kappa shape index (κ1) is 22.2. The fourth-order valence-electron chi connectivity index (χ4n) is 4.81. The molecule has 0 amide bonds. The fraction of sp³-hybridized carbons (Fsp3) is 0.500. The van der Waals surface area contributed by atoms with Gasteiger partial charge in [0, 0.05) is 63.3 Å². The van der Waals surface area contributed by atoms with E-state index in [1.54, 1.807) is 36.5 Å². The summed E-state index contributed by atoms with van der Waals surface area (Å²) in [4.78, 5) is 27.1. The number of hydrogen-bond acceptors (Lipinski definition) is 8. The first-order valence-electron chi connectivity index (χ1n) is 11.4. The molecule has 0 N–H and O–H groups in total. The molecule has 0 aliphatic carbocycles. The lowest BCUT2D eigenvalue weighted by molar-refractivity contribution is 0.246. The van der Waals surface area contributed by atoms with Gasteiger partial charge in [-0.05, 0) is 31.2 Å². The first-order chi connectivity index (χ1) is 16.1. The summed E-state index contributed by atoms with van der Waals surface area (Å²) in [5, 5.41) is 0.849. The van der Waals surface area contributed by atoms with Crippen molar-refractivity contribution in [3.63, 3.8) is 0 Å². The second-order valence-electron chi connectivity index (χ2n) is 8.78. The topological polar surface area (TPSA) is 63.1 Å². The molecule has 0 saturated carbocycles. The second kappa shape index (κ2) is 9.32. The molecule has 2 aromatic heterocycles. The third kappa shape index (κ3) is 4.32. The number of likely N-dealkylation sites (N-methyl/N-ethyl adjacent to an activating group) is 1. The summed E-state index contributed by atoms with van der Waals surface area (Å²) in [6, 6.07) is 5.96. The summed E-state index contributed by atoms with van der Waals surface area (Å²) in [5.41, 5.74) is 2.43. The number of fused-ring (bicyclic) bond motifs is 3. The number of ether oxygens (including phenoxy) is 2. The van der Waals surface area contributed by atoms with E-state index in [1.807, 2.05) is 12.1 Å². The highest BCUT2D eigenvalue weighted by atomic mass is 32.1. The molecule has 0 unspecified atom stereocenters. The maximum Gasteiger partial charge on any atom is 0.262 e. The van der Waals surface area contributed by atoms with E-state index in [1.165, 1.54) is 10.4 Å². The van der Waals surface area contributed by atoms with Crippen LogP contribution in [0, 0.1) is 0 Å². The SMILES string of the molecule is COc1ccc(N2CCN(CCn3cnc4sc5c(c4c3=O)CCN(C)C5)CC2)c(OC)c1. The molecule has 33 heavy (non-hydrogen) atoms. The van der Waals surface area contributed by atoms with Gasteiger partial charge in [0.25, 0.3) is 5.56 Å². The lowest BCUT2D eigenvalue weighted by Crippen LogP contribution is -2.47. The van der Waals surface area contributed by atoms with E-state index in [-0.39, 0.29) is 5.56 Å². The molecule has 0 radical (unpaired) electrons. The van der Waals surface area contributed by atoms with E-state index < -0.39 is 0 Å². The van der Waals surface area contributed by atoms with Gasteiger partial charge >= 0.3 is 0 Å². The van der Waals surface area contributed by atoms with E-state index in [4.69, 9.17) is 9.47 Å². The standard InChI is InChI=1S/C24H31N5O3S/c1-26-7-6-18-21(15-26)33-23-22(18)24(30)29(16-25-23)13-10-27-8-11-28(12-9-27)19-5-4-17(31-2)14-20(19)32-3/h4-5,14,16H,6-13,15H2,1-3H3. The van der Waals surface area contributed by atoms with Crippen LogP contribution in [0.25, 0.3) is 10.2 Å². The van der Waals surface area contributed by atoms with Crippen molar-refractivity contribution < 1.29 is 9.47 Å². The smallest absolute Gasteiger partial charge is 0.262 e. The van der Waals surface area contributed by atoms with Crippen molar-refractivity contribution in [1.29, 1.82) is 0 Å². The Morgan fingerprint density at radius 3 is 2.64 bits per heavy atom. The summed E-state index contributed by atoms with van der Waals surface area (Å²) in [6.45, 7) is 7.14. The van der Waals surface area contributed by atoms with E-state index in [0.717, 1.165) is 79.6 Å². The first-order valence-corrected chi connectivity index (χ1v) is 12.3. The number of hydrogen-bond donors (Lipinski definition) is 0. The lowest BCUT2D eigenvalue weighted by Gasteiger charge is -2.36. The molecule has 0 atom stereocenters. The largest absolute Gasteiger partial charge is 0.497 e. The van der Waals surface area contributed by atoms with Crippen LogP contribution in [0.2, 0.25) is 0 Å². The van der Waals surface area contributed by atoms with Gasteiger partial charge in [-0.2, -0.15) is 0 Å². The van der Waals surface area contributed by atoms with Gasteiger partial charge < -0.3 is 19.3 Å². The molecular weight excluding hydrogens is 438 g/mol. The molecule has 2 aliphatic heterocycles. The average molecular weight is 470 g/mol. The lowest BCUT2D eigenvalue weighted by atomic mass is 10.1. The van der Waals surface area contributed by atoms with E-state index in [2.05, 4.69) is 32.8 Å². The van der Waals surface area contributed by atoms with Crippen LogP contribution in [0.5, 0.6) is 11.5 Å². The predicted octanol–water partition coefficient (Wildman–Crippen LogP) is 2.29. The van der Waals surface area contributed by atoms with E-state index in [9.17, 15) is 4.79 Å². The Balaban J connectivity index is 1.24. The summed E-state index contributed by atoms with van der Waals surface area (Å²) >= 11 is 1.68. The van der Waals surface area contributed by atoms with Crippen molar-refractivity contribution in [3.05, 3.63) is 45.3 Å². The Morgan fingerprint density at radius 1 is 1.06 bits per heavy atom. The van der Waals surface area contributed by atoms with Crippen LogP contribution in [0.4, 0.5) is 5.69 Å². The van der Waals surface area contributed by atoms with Gasteiger partial charge in [-0.25, -0.2) is 4.98 Å². The maximum absolute atomic E-state index is 13.2. The number of anilines is 1.